The van der Waals surface area contributed by atoms with Gasteiger partial charge in [0.15, 0.2) is 7.14 Å². The highest BCUT2D eigenvalue weighted by atomic mass is 32.2. The van der Waals surface area contributed by atoms with E-state index in [4.69, 9.17) is 0 Å². The minimum atomic E-state index is -2.67. The molecule has 104 valence electrons. The molecule has 0 aliphatic carbocycles. The van der Waals surface area contributed by atoms with E-state index >= 15 is 0 Å². The molecule has 4 heteroatoms. The molecule has 0 fully saturated rings. The van der Waals surface area contributed by atoms with Crippen LogP contribution in [0.1, 0.15) is 6.92 Å². The maximum atomic E-state index is 13.5. The van der Waals surface area contributed by atoms with E-state index in [1.165, 1.54) is 11.8 Å². The second-order valence-electron chi connectivity index (χ2n) is 4.59. The SMILES string of the molecule is CC(=O)CSCP(=O)(c1ccccc1)c1ccccc1. The number of Topliss-reactive ketones (excluding diaryl/α,β-unsaturated/α-hetero) is 1. The highest BCUT2D eigenvalue weighted by Crippen LogP contribution is 2.46. The molecule has 0 saturated heterocycles. The molecule has 0 aliphatic heterocycles. The van der Waals surface area contributed by atoms with Crippen molar-refractivity contribution >= 4 is 35.3 Å². The number of ketones is 1. The Morgan fingerprint density at radius 3 is 1.80 bits per heavy atom. The van der Waals surface area contributed by atoms with E-state index < -0.39 is 7.14 Å². The van der Waals surface area contributed by atoms with Crippen LogP contribution in [0.25, 0.3) is 0 Å². The Morgan fingerprint density at radius 1 is 0.950 bits per heavy atom. The number of hydrogen-bond donors (Lipinski definition) is 0. The van der Waals surface area contributed by atoms with Crippen molar-refractivity contribution in [2.75, 3.05) is 11.2 Å². The van der Waals surface area contributed by atoms with Gasteiger partial charge in [0.05, 0.1) is 11.2 Å². The molecular formula is C16H17O2PS. The first kappa shape index (κ1) is 15.1. The summed E-state index contributed by atoms with van der Waals surface area (Å²) in [6.07, 6.45) is 0. The zero-order chi connectivity index (χ0) is 14.4. The summed E-state index contributed by atoms with van der Waals surface area (Å²) in [6, 6.07) is 19.1. The van der Waals surface area contributed by atoms with Crippen molar-refractivity contribution < 1.29 is 9.36 Å². The van der Waals surface area contributed by atoms with Crippen LogP contribution >= 0.6 is 18.9 Å². The zero-order valence-corrected chi connectivity index (χ0v) is 13.1. The van der Waals surface area contributed by atoms with Crippen molar-refractivity contribution in [2.24, 2.45) is 0 Å². The van der Waals surface area contributed by atoms with Crippen LogP contribution in [-0.4, -0.2) is 17.0 Å². The first-order valence-electron chi connectivity index (χ1n) is 6.40. The fraction of sp³-hybridized carbons (Fsp3) is 0.188. The average molecular weight is 304 g/mol. The predicted octanol–water partition coefficient (Wildman–Crippen LogP) is 3.28. The van der Waals surface area contributed by atoms with Crippen molar-refractivity contribution in [3.63, 3.8) is 0 Å². The van der Waals surface area contributed by atoms with E-state index in [1.807, 2.05) is 60.7 Å². The second kappa shape index (κ2) is 6.92. The normalized spacial score (nSPS) is 11.2. The van der Waals surface area contributed by atoms with Crippen molar-refractivity contribution in [3.05, 3.63) is 60.7 Å². The molecule has 2 nitrogen and oxygen atoms in total. The fourth-order valence-electron chi connectivity index (χ4n) is 1.95. The van der Waals surface area contributed by atoms with Crippen LogP contribution in [-0.2, 0) is 9.36 Å². The summed E-state index contributed by atoms with van der Waals surface area (Å²) < 4.78 is 13.5. The Morgan fingerprint density at radius 2 is 1.40 bits per heavy atom. The van der Waals surface area contributed by atoms with Gasteiger partial charge in [0, 0.05) is 10.6 Å². The van der Waals surface area contributed by atoms with E-state index in [-0.39, 0.29) is 5.78 Å². The Hall–Kier alpha value is -1.31. The van der Waals surface area contributed by atoms with E-state index in [1.54, 1.807) is 6.92 Å². The highest BCUT2D eigenvalue weighted by molar-refractivity contribution is 8.08. The lowest BCUT2D eigenvalue weighted by molar-refractivity contribution is -0.114. The minimum absolute atomic E-state index is 0.114. The highest BCUT2D eigenvalue weighted by Gasteiger charge is 2.26. The van der Waals surface area contributed by atoms with Gasteiger partial charge in [0.1, 0.15) is 5.78 Å². The molecule has 0 saturated carbocycles. The smallest absolute Gasteiger partial charge is 0.152 e. The van der Waals surface area contributed by atoms with Gasteiger partial charge in [0.25, 0.3) is 0 Å². The molecule has 0 spiro atoms. The van der Waals surface area contributed by atoms with E-state index in [0.717, 1.165) is 10.6 Å². The Labute approximate surface area is 124 Å². The van der Waals surface area contributed by atoms with Gasteiger partial charge in [-0.1, -0.05) is 60.7 Å². The summed E-state index contributed by atoms with van der Waals surface area (Å²) in [4.78, 5) is 11.1. The Bertz CT molecular complexity index is 567. The lowest BCUT2D eigenvalue weighted by Crippen LogP contribution is -2.17. The zero-order valence-electron chi connectivity index (χ0n) is 11.4. The summed E-state index contributed by atoms with van der Waals surface area (Å²) in [6.45, 7) is 1.56. The van der Waals surface area contributed by atoms with Gasteiger partial charge in [-0.25, -0.2) is 0 Å². The van der Waals surface area contributed by atoms with Gasteiger partial charge < -0.3 is 4.57 Å². The molecule has 0 unspecified atom stereocenters. The van der Waals surface area contributed by atoms with Gasteiger partial charge in [0.2, 0.25) is 0 Å². The number of benzene rings is 2. The van der Waals surface area contributed by atoms with E-state index in [2.05, 4.69) is 0 Å². The van der Waals surface area contributed by atoms with Gasteiger partial charge in [-0.05, 0) is 6.92 Å². The molecule has 0 aromatic heterocycles. The first-order chi connectivity index (χ1) is 9.63. The quantitative estimate of drug-likeness (QED) is 0.768. The monoisotopic (exact) mass is 304 g/mol. The molecule has 2 aromatic carbocycles. The summed E-state index contributed by atoms with van der Waals surface area (Å²) in [7, 11) is -2.67. The number of carbonyl (C=O) groups excluding carboxylic acids is 1. The van der Waals surface area contributed by atoms with Gasteiger partial charge in [-0.15, -0.1) is 11.8 Å². The fourth-order valence-corrected chi connectivity index (χ4v) is 6.43. The van der Waals surface area contributed by atoms with E-state index in [0.29, 0.717) is 11.2 Å². The molecular weight excluding hydrogens is 287 g/mol. The molecule has 0 amide bonds. The number of rotatable bonds is 6. The Balaban J connectivity index is 2.34. The summed E-state index contributed by atoms with van der Waals surface area (Å²) in [5, 5.41) is 1.70. The third-order valence-electron chi connectivity index (χ3n) is 2.92. The third kappa shape index (κ3) is 3.62. The molecule has 0 N–H and O–H groups in total. The molecule has 2 aromatic rings. The second-order valence-corrected chi connectivity index (χ2v) is 8.83. The van der Waals surface area contributed by atoms with Crippen molar-refractivity contribution in [1.82, 2.24) is 0 Å². The predicted molar refractivity (Wildman–Crippen MR) is 87.8 cm³/mol. The number of thioether (sulfide) groups is 1. The largest absolute Gasteiger partial charge is 0.313 e. The molecule has 0 heterocycles. The van der Waals surface area contributed by atoms with Crippen molar-refractivity contribution in [3.8, 4) is 0 Å². The minimum Gasteiger partial charge on any atom is -0.313 e. The van der Waals surface area contributed by atoms with Crippen LogP contribution in [0.3, 0.4) is 0 Å². The third-order valence-corrected chi connectivity index (χ3v) is 7.98. The number of hydrogen-bond acceptors (Lipinski definition) is 3. The molecule has 0 aliphatic rings. The Kier molecular flexibility index (Phi) is 5.22. The summed E-state index contributed by atoms with van der Waals surface area (Å²) >= 11 is 1.45. The van der Waals surface area contributed by atoms with Crippen molar-refractivity contribution in [1.29, 1.82) is 0 Å². The lowest BCUT2D eigenvalue weighted by Gasteiger charge is -2.18. The maximum Gasteiger partial charge on any atom is 0.152 e. The summed E-state index contributed by atoms with van der Waals surface area (Å²) in [5.41, 5.74) is 0.459. The first-order valence-corrected chi connectivity index (χ1v) is 9.45. The van der Waals surface area contributed by atoms with Crippen LogP contribution in [0.15, 0.2) is 60.7 Å². The van der Waals surface area contributed by atoms with Crippen LogP contribution in [0.2, 0.25) is 0 Å². The average Bonchev–Trinajstić information content (AvgIpc) is 2.48. The van der Waals surface area contributed by atoms with E-state index in [9.17, 15) is 9.36 Å². The van der Waals surface area contributed by atoms with Crippen LogP contribution in [0, 0.1) is 0 Å². The summed E-state index contributed by atoms with van der Waals surface area (Å²) in [5.74, 6) is 0.520. The molecule has 0 bridgehead atoms. The molecule has 20 heavy (non-hydrogen) atoms. The van der Waals surface area contributed by atoms with Crippen LogP contribution in [0.5, 0.6) is 0 Å². The lowest BCUT2D eigenvalue weighted by atomic mass is 10.4. The van der Waals surface area contributed by atoms with Gasteiger partial charge >= 0.3 is 0 Å². The van der Waals surface area contributed by atoms with Gasteiger partial charge in [-0.2, -0.15) is 0 Å². The molecule has 0 atom stereocenters. The van der Waals surface area contributed by atoms with Crippen molar-refractivity contribution in [2.45, 2.75) is 6.92 Å². The van der Waals surface area contributed by atoms with Crippen LogP contribution < -0.4 is 10.6 Å². The molecule has 0 radical (unpaired) electrons. The maximum absolute atomic E-state index is 13.5. The molecule has 2 rings (SSSR count). The standard InChI is InChI=1S/C16H17O2PS/c1-14(17)12-20-13-19(18,15-8-4-2-5-9-15)16-10-6-3-7-11-16/h2-11H,12-13H2,1H3. The topological polar surface area (TPSA) is 34.1 Å². The van der Waals surface area contributed by atoms with Gasteiger partial charge in [-0.3, -0.25) is 4.79 Å². The number of carbonyl (C=O) groups is 1. The van der Waals surface area contributed by atoms with Crippen LogP contribution in [0.4, 0.5) is 0 Å².